The zero-order chi connectivity index (χ0) is 15.2. The Morgan fingerprint density at radius 2 is 2.10 bits per heavy atom. The van der Waals surface area contributed by atoms with Crippen LogP contribution in [-0.2, 0) is 15.7 Å². The molecular weight excluding hydrogens is 277 g/mol. The summed E-state index contributed by atoms with van der Waals surface area (Å²) in [5.74, 6) is -1.91. The van der Waals surface area contributed by atoms with Gasteiger partial charge in [-0.3, -0.25) is 4.79 Å². The van der Waals surface area contributed by atoms with Crippen LogP contribution in [0.4, 0.5) is 13.2 Å². The van der Waals surface area contributed by atoms with Gasteiger partial charge in [0.2, 0.25) is 0 Å². The van der Waals surface area contributed by atoms with Crippen molar-refractivity contribution in [1.29, 1.82) is 0 Å². The summed E-state index contributed by atoms with van der Waals surface area (Å²) in [4.78, 5) is 10.9. The number of carboxylic acids is 1. The first-order chi connectivity index (χ1) is 9.34. The van der Waals surface area contributed by atoms with E-state index in [0.717, 1.165) is 12.1 Å². The minimum absolute atomic E-state index is 0.0107. The van der Waals surface area contributed by atoms with E-state index >= 15 is 0 Å². The number of ether oxygens (including phenoxy) is 2. The smallest absolute Gasteiger partial charge is 0.416 e. The van der Waals surface area contributed by atoms with Gasteiger partial charge in [-0.15, -0.1) is 0 Å². The average Bonchev–Trinajstić information content (AvgIpc) is 2.37. The predicted molar refractivity (Wildman–Crippen MR) is 64.6 cm³/mol. The average molecular weight is 292 g/mol. The highest BCUT2D eigenvalue weighted by Crippen LogP contribution is 2.31. The number of halogens is 3. The van der Waals surface area contributed by atoms with Crippen molar-refractivity contribution in [3.63, 3.8) is 0 Å². The van der Waals surface area contributed by atoms with Crippen molar-refractivity contribution in [2.75, 3.05) is 20.3 Å². The van der Waals surface area contributed by atoms with Crippen LogP contribution in [-0.4, -0.2) is 31.4 Å². The lowest BCUT2D eigenvalue weighted by molar-refractivity contribution is -0.143. The first-order valence-corrected chi connectivity index (χ1v) is 5.86. The van der Waals surface area contributed by atoms with Gasteiger partial charge in [-0.25, -0.2) is 0 Å². The number of methoxy groups -OCH3 is 1. The molecule has 1 N–H and O–H groups in total. The van der Waals surface area contributed by atoms with E-state index in [9.17, 15) is 18.0 Å². The fourth-order valence-electron chi connectivity index (χ4n) is 1.50. The molecule has 0 aliphatic carbocycles. The number of rotatable bonds is 7. The van der Waals surface area contributed by atoms with E-state index in [1.54, 1.807) is 0 Å². The van der Waals surface area contributed by atoms with Crippen molar-refractivity contribution in [1.82, 2.24) is 0 Å². The van der Waals surface area contributed by atoms with Crippen molar-refractivity contribution in [2.24, 2.45) is 5.92 Å². The van der Waals surface area contributed by atoms with E-state index in [1.807, 2.05) is 0 Å². The zero-order valence-electron chi connectivity index (χ0n) is 10.8. The summed E-state index contributed by atoms with van der Waals surface area (Å²) >= 11 is 0. The second kappa shape index (κ2) is 7.14. The van der Waals surface area contributed by atoms with E-state index < -0.39 is 23.6 Å². The van der Waals surface area contributed by atoms with Gasteiger partial charge in [0.25, 0.3) is 0 Å². The lowest BCUT2D eigenvalue weighted by Gasteiger charge is -2.14. The molecule has 7 heteroatoms. The molecule has 0 radical (unpaired) electrons. The van der Waals surface area contributed by atoms with E-state index in [4.69, 9.17) is 14.6 Å². The maximum absolute atomic E-state index is 12.5. The molecule has 1 aromatic carbocycles. The number of carbonyl (C=O) groups is 1. The summed E-state index contributed by atoms with van der Waals surface area (Å²) in [7, 11) is 1.44. The normalized spacial score (nSPS) is 13.0. The highest BCUT2D eigenvalue weighted by atomic mass is 19.4. The molecule has 0 fully saturated rings. The Labute approximate surface area is 114 Å². The van der Waals surface area contributed by atoms with Crippen molar-refractivity contribution in [2.45, 2.75) is 12.6 Å². The SMILES string of the molecule is COCCC(COc1cccc(C(F)(F)F)c1)C(=O)O. The van der Waals surface area contributed by atoms with Crippen LogP contribution in [0.15, 0.2) is 24.3 Å². The fourth-order valence-corrected chi connectivity index (χ4v) is 1.50. The number of benzene rings is 1. The summed E-state index contributed by atoms with van der Waals surface area (Å²) < 4.78 is 47.4. The molecule has 0 aromatic heterocycles. The van der Waals surface area contributed by atoms with Crippen LogP contribution in [0.3, 0.4) is 0 Å². The quantitative estimate of drug-likeness (QED) is 0.839. The summed E-state index contributed by atoms with van der Waals surface area (Å²) in [6.07, 6.45) is -4.23. The summed E-state index contributed by atoms with van der Waals surface area (Å²) in [5.41, 5.74) is -0.834. The van der Waals surface area contributed by atoms with E-state index in [-0.39, 0.29) is 25.4 Å². The molecule has 0 spiro atoms. The molecule has 0 saturated heterocycles. The van der Waals surface area contributed by atoms with Crippen molar-refractivity contribution in [3.05, 3.63) is 29.8 Å². The van der Waals surface area contributed by atoms with Gasteiger partial charge in [-0.05, 0) is 24.6 Å². The van der Waals surface area contributed by atoms with Crippen LogP contribution in [0.25, 0.3) is 0 Å². The molecule has 0 heterocycles. The lowest BCUT2D eigenvalue weighted by atomic mass is 10.1. The van der Waals surface area contributed by atoms with Crippen LogP contribution >= 0.6 is 0 Å². The van der Waals surface area contributed by atoms with E-state index in [1.165, 1.54) is 19.2 Å². The first-order valence-electron chi connectivity index (χ1n) is 5.86. The molecule has 0 bridgehead atoms. The van der Waals surface area contributed by atoms with Crippen molar-refractivity contribution < 1.29 is 32.5 Å². The Morgan fingerprint density at radius 1 is 1.40 bits per heavy atom. The maximum Gasteiger partial charge on any atom is 0.416 e. The van der Waals surface area contributed by atoms with Crippen LogP contribution in [0.2, 0.25) is 0 Å². The monoisotopic (exact) mass is 292 g/mol. The molecule has 0 aliphatic rings. The third-order valence-electron chi connectivity index (χ3n) is 2.63. The van der Waals surface area contributed by atoms with Gasteiger partial charge < -0.3 is 14.6 Å². The van der Waals surface area contributed by atoms with E-state index in [0.29, 0.717) is 0 Å². The van der Waals surface area contributed by atoms with E-state index in [2.05, 4.69) is 0 Å². The van der Waals surface area contributed by atoms with Gasteiger partial charge in [0.05, 0.1) is 11.5 Å². The largest absolute Gasteiger partial charge is 0.493 e. The zero-order valence-corrected chi connectivity index (χ0v) is 10.8. The summed E-state index contributed by atoms with van der Waals surface area (Å²) in [6, 6.07) is 4.33. The first kappa shape index (κ1) is 16.3. The maximum atomic E-state index is 12.5. The molecule has 4 nitrogen and oxygen atoms in total. The molecular formula is C13H15F3O4. The highest BCUT2D eigenvalue weighted by Gasteiger charge is 2.30. The van der Waals surface area contributed by atoms with Crippen LogP contribution in [0.1, 0.15) is 12.0 Å². The minimum atomic E-state index is -4.46. The lowest BCUT2D eigenvalue weighted by Crippen LogP contribution is -2.23. The Morgan fingerprint density at radius 3 is 2.65 bits per heavy atom. The van der Waals surface area contributed by atoms with Crippen molar-refractivity contribution >= 4 is 5.97 Å². The molecule has 0 amide bonds. The van der Waals surface area contributed by atoms with Crippen molar-refractivity contribution in [3.8, 4) is 5.75 Å². The molecule has 1 aromatic rings. The van der Waals surface area contributed by atoms with Gasteiger partial charge >= 0.3 is 12.1 Å². The molecule has 0 saturated carbocycles. The molecule has 20 heavy (non-hydrogen) atoms. The third-order valence-corrected chi connectivity index (χ3v) is 2.63. The minimum Gasteiger partial charge on any atom is -0.493 e. The summed E-state index contributed by atoms with van der Waals surface area (Å²) in [6.45, 7) is 0.0307. The Hall–Kier alpha value is -1.76. The molecule has 1 rings (SSSR count). The number of hydrogen-bond donors (Lipinski definition) is 1. The second-order valence-corrected chi connectivity index (χ2v) is 4.15. The number of carboxylic acid groups (broad SMARTS) is 1. The molecule has 1 unspecified atom stereocenters. The number of aliphatic carboxylic acids is 1. The molecule has 1 atom stereocenters. The fraction of sp³-hybridized carbons (Fsp3) is 0.462. The Bertz CT molecular complexity index is 445. The third kappa shape index (κ3) is 5.08. The predicted octanol–water partition coefficient (Wildman–Crippen LogP) is 2.82. The Balaban J connectivity index is 2.66. The molecule has 112 valence electrons. The standard InChI is InChI=1S/C13H15F3O4/c1-19-6-5-9(12(17)18)8-20-11-4-2-3-10(7-11)13(14,15)16/h2-4,7,9H,5-6,8H2,1H3,(H,17,18). The van der Waals surface area contributed by atoms with Gasteiger partial charge in [-0.1, -0.05) is 6.07 Å². The van der Waals surface area contributed by atoms with Crippen LogP contribution in [0, 0.1) is 5.92 Å². The molecule has 0 aliphatic heterocycles. The van der Waals surface area contributed by atoms with Gasteiger partial charge in [0.1, 0.15) is 12.4 Å². The number of alkyl halides is 3. The van der Waals surface area contributed by atoms with Gasteiger partial charge in [0.15, 0.2) is 0 Å². The van der Waals surface area contributed by atoms with Gasteiger partial charge in [0, 0.05) is 13.7 Å². The summed E-state index contributed by atoms with van der Waals surface area (Å²) in [5, 5.41) is 8.95. The Kier molecular flexibility index (Phi) is 5.82. The van der Waals surface area contributed by atoms with Crippen LogP contribution < -0.4 is 4.74 Å². The van der Waals surface area contributed by atoms with Crippen LogP contribution in [0.5, 0.6) is 5.75 Å². The highest BCUT2D eigenvalue weighted by molar-refractivity contribution is 5.70. The second-order valence-electron chi connectivity index (χ2n) is 4.15. The number of hydrogen-bond acceptors (Lipinski definition) is 3. The topological polar surface area (TPSA) is 55.8 Å². The van der Waals surface area contributed by atoms with Gasteiger partial charge in [-0.2, -0.15) is 13.2 Å².